The van der Waals surface area contributed by atoms with Gasteiger partial charge >= 0.3 is 0 Å². The topological polar surface area (TPSA) is 127 Å². The number of nitrogen functional groups attached to an aromatic ring is 1. The number of carbonyl (C=O) groups excluding carboxylic acids is 1. The lowest BCUT2D eigenvalue weighted by molar-refractivity contribution is -0.124. The third-order valence-corrected chi connectivity index (χ3v) is 5.43. The first-order chi connectivity index (χ1) is 12.9. The minimum absolute atomic E-state index is 0.119. The summed E-state index contributed by atoms with van der Waals surface area (Å²) in [6.07, 6.45) is 6.83. The molecule has 1 amide bonds. The van der Waals surface area contributed by atoms with Gasteiger partial charge in [0.2, 0.25) is 0 Å². The van der Waals surface area contributed by atoms with E-state index in [0.717, 1.165) is 21.2 Å². The number of nitrogens with one attached hydrogen (secondary N) is 1. The van der Waals surface area contributed by atoms with Crippen LogP contribution >= 0.6 is 0 Å². The number of benzene rings is 1. The van der Waals surface area contributed by atoms with Crippen molar-refractivity contribution in [1.82, 2.24) is 14.4 Å². The highest BCUT2D eigenvalue weighted by Crippen LogP contribution is 2.23. The lowest BCUT2D eigenvalue weighted by Crippen LogP contribution is -2.14. The molecule has 2 aromatic heterocycles. The van der Waals surface area contributed by atoms with Gasteiger partial charge in [-0.3, -0.25) is 10.0 Å². The third-order valence-electron chi connectivity index (χ3n) is 3.78. The largest absolute Gasteiger partial charge is 0.384 e. The second kappa shape index (κ2) is 7.44. The summed E-state index contributed by atoms with van der Waals surface area (Å²) in [4.78, 5) is 15.1. The Morgan fingerprint density at radius 2 is 1.81 bits per heavy atom. The molecule has 0 aliphatic heterocycles. The maximum Gasteiger partial charge on any atom is 0.267 e. The van der Waals surface area contributed by atoms with Gasteiger partial charge in [-0.2, -0.15) is 0 Å². The highest BCUT2D eigenvalue weighted by molar-refractivity contribution is 7.90. The molecule has 138 valence electrons. The number of pyridine rings is 1. The van der Waals surface area contributed by atoms with E-state index >= 15 is 0 Å². The minimum Gasteiger partial charge on any atom is -0.384 e. The molecule has 4 N–H and O–H groups in total. The van der Waals surface area contributed by atoms with Gasteiger partial charge in [-0.05, 0) is 47.5 Å². The van der Waals surface area contributed by atoms with Crippen LogP contribution in [0.2, 0.25) is 0 Å². The molecule has 0 bridgehead atoms. The summed E-state index contributed by atoms with van der Waals surface area (Å²) >= 11 is 0. The molecule has 3 rings (SSSR count). The molecule has 0 unspecified atom stereocenters. The van der Waals surface area contributed by atoms with E-state index < -0.39 is 15.9 Å². The molecule has 0 fully saturated rings. The summed E-state index contributed by atoms with van der Waals surface area (Å²) in [7, 11) is -3.77. The number of anilines is 1. The Balaban J connectivity index is 1.85. The van der Waals surface area contributed by atoms with Gasteiger partial charge in [-0.25, -0.2) is 22.9 Å². The average Bonchev–Trinajstić information content (AvgIpc) is 3.17. The summed E-state index contributed by atoms with van der Waals surface area (Å²) in [5.74, 6) is -0.301. The van der Waals surface area contributed by atoms with Crippen molar-refractivity contribution in [3.05, 3.63) is 72.7 Å². The van der Waals surface area contributed by atoms with Gasteiger partial charge in [-0.15, -0.1) is 0 Å². The third kappa shape index (κ3) is 4.05. The number of nitrogens with zero attached hydrogens (tertiary/aromatic N) is 2. The Bertz CT molecular complexity index is 1090. The Hall–Kier alpha value is -3.43. The van der Waals surface area contributed by atoms with Crippen molar-refractivity contribution in [2.24, 2.45) is 0 Å². The molecular formula is C18H16N4O4S. The molecule has 27 heavy (non-hydrogen) atoms. The normalized spacial score (nSPS) is 11.6. The number of amides is 1. The van der Waals surface area contributed by atoms with Crippen molar-refractivity contribution < 1.29 is 18.4 Å². The van der Waals surface area contributed by atoms with Crippen molar-refractivity contribution in [3.8, 4) is 11.1 Å². The molecule has 2 heterocycles. The summed E-state index contributed by atoms with van der Waals surface area (Å²) in [5.41, 5.74) is 9.15. The Labute approximate surface area is 155 Å². The van der Waals surface area contributed by atoms with Gasteiger partial charge in [0.15, 0.2) is 0 Å². The second-order valence-electron chi connectivity index (χ2n) is 5.59. The Morgan fingerprint density at radius 1 is 1.11 bits per heavy atom. The zero-order valence-corrected chi connectivity index (χ0v) is 14.8. The van der Waals surface area contributed by atoms with Gasteiger partial charge in [0, 0.05) is 30.2 Å². The smallest absolute Gasteiger partial charge is 0.267 e. The number of hydrogen-bond acceptors (Lipinski definition) is 6. The van der Waals surface area contributed by atoms with Crippen LogP contribution in [0.3, 0.4) is 0 Å². The number of carbonyl (C=O) groups is 1. The first-order valence-corrected chi connectivity index (χ1v) is 9.22. The maximum absolute atomic E-state index is 12.7. The molecule has 0 spiro atoms. The first-order valence-electron chi connectivity index (χ1n) is 7.78. The van der Waals surface area contributed by atoms with Gasteiger partial charge in [-0.1, -0.05) is 12.1 Å². The molecule has 0 saturated heterocycles. The van der Waals surface area contributed by atoms with Gasteiger partial charge in [0.25, 0.3) is 15.9 Å². The Kier molecular flexibility index (Phi) is 5.06. The van der Waals surface area contributed by atoms with Gasteiger partial charge in [0.05, 0.1) is 4.90 Å². The Morgan fingerprint density at radius 3 is 2.44 bits per heavy atom. The number of hydrogen-bond donors (Lipinski definition) is 3. The fraction of sp³-hybridized carbons (Fsp3) is 0. The van der Waals surface area contributed by atoms with E-state index in [4.69, 9.17) is 10.9 Å². The van der Waals surface area contributed by atoms with Crippen LogP contribution in [0.15, 0.2) is 72.0 Å². The van der Waals surface area contributed by atoms with Crippen LogP contribution in [-0.2, 0) is 14.8 Å². The van der Waals surface area contributed by atoms with Crippen molar-refractivity contribution >= 4 is 27.8 Å². The minimum atomic E-state index is -3.77. The summed E-state index contributed by atoms with van der Waals surface area (Å²) in [6.45, 7) is 0. The number of rotatable bonds is 5. The molecule has 0 atom stereocenters. The molecule has 8 nitrogen and oxygen atoms in total. The number of hydroxylamine groups is 1. The molecular weight excluding hydrogens is 368 g/mol. The maximum atomic E-state index is 12.7. The molecule has 0 aliphatic rings. The predicted molar refractivity (Wildman–Crippen MR) is 100 cm³/mol. The lowest BCUT2D eigenvalue weighted by atomic mass is 10.1. The molecule has 0 radical (unpaired) electrons. The van der Waals surface area contributed by atoms with Crippen LogP contribution in [0.4, 0.5) is 5.82 Å². The van der Waals surface area contributed by atoms with Crippen LogP contribution in [0.5, 0.6) is 0 Å². The van der Waals surface area contributed by atoms with Gasteiger partial charge in [0.1, 0.15) is 5.82 Å². The summed E-state index contributed by atoms with van der Waals surface area (Å²) < 4.78 is 26.5. The molecule has 0 aliphatic carbocycles. The zero-order valence-electron chi connectivity index (χ0n) is 14.0. The van der Waals surface area contributed by atoms with Gasteiger partial charge < -0.3 is 5.73 Å². The van der Waals surface area contributed by atoms with E-state index in [1.165, 1.54) is 42.1 Å². The standard InChI is InChI=1S/C18H16N4O4S/c19-17-7-4-15(11-20-17)14-2-5-16(6-3-14)27(25,26)22-10-9-13(12-22)1-8-18(23)21-24/h1-12,24H,(H2,19,20)(H,21,23)/b8-1+. The second-order valence-corrected chi connectivity index (χ2v) is 7.43. The zero-order chi connectivity index (χ0) is 19.4. The average molecular weight is 384 g/mol. The molecule has 0 saturated carbocycles. The van der Waals surface area contributed by atoms with Crippen LogP contribution < -0.4 is 11.2 Å². The van der Waals surface area contributed by atoms with Crippen LogP contribution in [-0.4, -0.2) is 28.5 Å². The van der Waals surface area contributed by atoms with Crippen molar-refractivity contribution in [2.45, 2.75) is 4.90 Å². The van der Waals surface area contributed by atoms with Crippen LogP contribution in [0, 0.1) is 0 Å². The van der Waals surface area contributed by atoms with E-state index in [1.807, 2.05) is 0 Å². The van der Waals surface area contributed by atoms with Crippen LogP contribution in [0.25, 0.3) is 17.2 Å². The first kappa shape index (κ1) is 18.4. The number of nitrogens with two attached hydrogens (primary N) is 1. The highest BCUT2D eigenvalue weighted by Gasteiger charge is 2.16. The predicted octanol–water partition coefficient (Wildman–Crippen LogP) is 1.89. The monoisotopic (exact) mass is 384 g/mol. The van der Waals surface area contributed by atoms with E-state index in [-0.39, 0.29) is 4.90 Å². The SMILES string of the molecule is Nc1ccc(-c2ccc(S(=O)(=O)n3ccc(/C=C/C(=O)NO)c3)cc2)cn1. The highest BCUT2D eigenvalue weighted by atomic mass is 32.2. The van der Waals surface area contributed by atoms with Crippen molar-refractivity contribution in [2.75, 3.05) is 5.73 Å². The van der Waals surface area contributed by atoms with Crippen molar-refractivity contribution in [1.29, 1.82) is 0 Å². The molecule has 3 aromatic rings. The van der Waals surface area contributed by atoms with Crippen molar-refractivity contribution in [3.63, 3.8) is 0 Å². The summed E-state index contributed by atoms with van der Waals surface area (Å²) in [6, 6.07) is 11.4. The lowest BCUT2D eigenvalue weighted by Gasteiger charge is -2.07. The summed E-state index contributed by atoms with van der Waals surface area (Å²) in [5, 5.41) is 8.45. The fourth-order valence-corrected chi connectivity index (χ4v) is 3.57. The molecule has 1 aromatic carbocycles. The quantitative estimate of drug-likeness (QED) is 0.350. The number of aromatic nitrogens is 2. The fourth-order valence-electron chi connectivity index (χ4n) is 2.37. The van der Waals surface area contributed by atoms with Crippen LogP contribution in [0.1, 0.15) is 5.56 Å². The molecule has 9 heteroatoms. The van der Waals surface area contributed by atoms with E-state index in [1.54, 1.807) is 30.5 Å². The van der Waals surface area contributed by atoms with E-state index in [9.17, 15) is 13.2 Å². The van der Waals surface area contributed by atoms with E-state index in [0.29, 0.717) is 11.4 Å². The van der Waals surface area contributed by atoms with E-state index in [2.05, 4.69) is 4.98 Å².